The molecule has 8 heteroatoms. The van der Waals surface area contributed by atoms with Crippen molar-refractivity contribution in [1.82, 2.24) is 10.6 Å². The Kier molecular flexibility index (Phi) is 10.3. The minimum absolute atomic E-state index is 0.0773. The van der Waals surface area contributed by atoms with Crippen molar-refractivity contribution in [2.45, 2.75) is 26.9 Å². The van der Waals surface area contributed by atoms with E-state index in [0.717, 1.165) is 0 Å². The molecule has 0 spiro atoms. The van der Waals surface area contributed by atoms with Gasteiger partial charge in [-0.1, -0.05) is 20.8 Å². The lowest BCUT2D eigenvalue weighted by atomic mass is 9.95. The maximum atomic E-state index is 11.6. The summed E-state index contributed by atoms with van der Waals surface area (Å²) in [5.41, 5.74) is 0. The van der Waals surface area contributed by atoms with Crippen molar-refractivity contribution in [1.29, 1.82) is 0 Å². The van der Waals surface area contributed by atoms with Gasteiger partial charge in [-0.05, 0) is 5.92 Å². The van der Waals surface area contributed by atoms with E-state index in [-0.39, 0.29) is 38.0 Å². The molecular weight excluding hydrogens is 280 g/mol. The number of hydrogen-bond acceptors (Lipinski definition) is 6. The molecule has 2 amide bonds. The van der Waals surface area contributed by atoms with Crippen LogP contribution in [0.2, 0.25) is 0 Å². The average Bonchev–Trinajstić information content (AvgIpc) is 2.45. The molecule has 0 aromatic rings. The topological polar surface area (TPSA) is 95.1 Å². The first-order valence-corrected chi connectivity index (χ1v) is 6.75. The van der Waals surface area contributed by atoms with Crippen LogP contribution in [-0.4, -0.2) is 52.6 Å². The van der Waals surface area contributed by atoms with Crippen molar-refractivity contribution < 1.29 is 28.5 Å². The SMILES string of the molecule is COCNC(=O)OCC(C)C(OC(=O)NCOC)C(C)C. The third kappa shape index (κ3) is 9.09. The van der Waals surface area contributed by atoms with E-state index in [1.54, 1.807) is 0 Å². The van der Waals surface area contributed by atoms with E-state index >= 15 is 0 Å². The van der Waals surface area contributed by atoms with Gasteiger partial charge in [0, 0.05) is 20.1 Å². The monoisotopic (exact) mass is 306 g/mol. The van der Waals surface area contributed by atoms with Crippen LogP contribution in [0.25, 0.3) is 0 Å². The molecule has 0 aromatic heterocycles. The smallest absolute Gasteiger partial charge is 0.409 e. The second-order valence-corrected chi connectivity index (χ2v) is 4.91. The number of methoxy groups -OCH3 is 2. The van der Waals surface area contributed by atoms with Gasteiger partial charge in [0.05, 0.1) is 6.61 Å². The number of ether oxygens (including phenoxy) is 4. The Labute approximate surface area is 125 Å². The molecule has 2 N–H and O–H groups in total. The zero-order valence-electron chi connectivity index (χ0n) is 13.3. The second-order valence-electron chi connectivity index (χ2n) is 4.91. The summed E-state index contributed by atoms with van der Waals surface area (Å²) in [5.74, 6) is -0.0643. The Morgan fingerprint density at radius 2 is 1.48 bits per heavy atom. The normalized spacial score (nSPS) is 13.4. The van der Waals surface area contributed by atoms with Gasteiger partial charge in [0.15, 0.2) is 0 Å². The van der Waals surface area contributed by atoms with Gasteiger partial charge in [-0.3, -0.25) is 10.6 Å². The molecule has 0 radical (unpaired) electrons. The molecule has 0 bridgehead atoms. The van der Waals surface area contributed by atoms with Gasteiger partial charge in [0.25, 0.3) is 0 Å². The minimum atomic E-state index is -0.574. The maximum Gasteiger partial charge on any atom is 0.409 e. The van der Waals surface area contributed by atoms with Gasteiger partial charge in [-0.15, -0.1) is 0 Å². The summed E-state index contributed by atoms with van der Waals surface area (Å²) in [6.45, 7) is 5.99. The van der Waals surface area contributed by atoms with E-state index in [1.165, 1.54) is 14.2 Å². The Morgan fingerprint density at radius 1 is 0.952 bits per heavy atom. The van der Waals surface area contributed by atoms with Crippen LogP contribution in [0, 0.1) is 11.8 Å². The van der Waals surface area contributed by atoms with Crippen molar-refractivity contribution >= 4 is 12.2 Å². The zero-order valence-corrected chi connectivity index (χ0v) is 13.3. The van der Waals surface area contributed by atoms with Crippen molar-refractivity contribution in [2.24, 2.45) is 11.8 Å². The molecule has 124 valence electrons. The van der Waals surface area contributed by atoms with E-state index < -0.39 is 12.2 Å². The van der Waals surface area contributed by atoms with E-state index in [1.807, 2.05) is 20.8 Å². The molecule has 0 rings (SSSR count). The van der Waals surface area contributed by atoms with Crippen molar-refractivity contribution in [3.63, 3.8) is 0 Å². The van der Waals surface area contributed by atoms with Gasteiger partial charge in [0.1, 0.15) is 19.6 Å². The van der Waals surface area contributed by atoms with Gasteiger partial charge < -0.3 is 18.9 Å². The largest absolute Gasteiger partial charge is 0.449 e. The molecule has 2 unspecified atom stereocenters. The average molecular weight is 306 g/mol. The molecule has 0 saturated carbocycles. The van der Waals surface area contributed by atoms with E-state index in [9.17, 15) is 9.59 Å². The molecule has 21 heavy (non-hydrogen) atoms. The standard InChI is InChI=1S/C13H26N2O6/c1-9(2)11(21-13(17)15-8-19-5)10(3)6-20-12(16)14-7-18-4/h9-11H,6-8H2,1-5H3,(H,14,16)(H,15,17). The van der Waals surface area contributed by atoms with Crippen LogP contribution in [-0.2, 0) is 18.9 Å². The Hall–Kier alpha value is -1.54. The van der Waals surface area contributed by atoms with Crippen LogP contribution < -0.4 is 10.6 Å². The Morgan fingerprint density at radius 3 is 1.95 bits per heavy atom. The number of alkyl carbamates (subject to hydrolysis) is 2. The quantitative estimate of drug-likeness (QED) is 0.624. The van der Waals surface area contributed by atoms with E-state index in [0.29, 0.717) is 0 Å². The fraction of sp³-hybridized carbons (Fsp3) is 0.846. The van der Waals surface area contributed by atoms with Gasteiger partial charge >= 0.3 is 12.2 Å². The van der Waals surface area contributed by atoms with Crippen LogP contribution in [0.15, 0.2) is 0 Å². The highest BCUT2D eigenvalue weighted by atomic mass is 16.6. The first kappa shape index (κ1) is 19.5. The lowest BCUT2D eigenvalue weighted by Crippen LogP contribution is -2.38. The fourth-order valence-corrected chi connectivity index (χ4v) is 1.69. The second kappa shape index (κ2) is 11.2. The lowest BCUT2D eigenvalue weighted by Gasteiger charge is -2.27. The number of carbonyl (C=O) groups excluding carboxylic acids is 2. The molecule has 0 aliphatic carbocycles. The first-order valence-electron chi connectivity index (χ1n) is 6.75. The number of rotatable bonds is 9. The molecule has 8 nitrogen and oxygen atoms in total. The molecule has 0 saturated heterocycles. The lowest BCUT2D eigenvalue weighted by molar-refractivity contribution is 0.00866. The summed E-state index contributed by atoms with van der Waals surface area (Å²) < 4.78 is 19.8. The molecule has 0 aliphatic heterocycles. The maximum absolute atomic E-state index is 11.6. The summed E-state index contributed by atoms with van der Waals surface area (Å²) in [6, 6.07) is 0. The fourth-order valence-electron chi connectivity index (χ4n) is 1.69. The minimum Gasteiger partial charge on any atom is -0.449 e. The van der Waals surface area contributed by atoms with Crippen LogP contribution in [0.3, 0.4) is 0 Å². The van der Waals surface area contributed by atoms with Crippen LogP contribution in [0.1, 0.15) is 20.8 Å². The molecule has 2 atom stereocenters. The molecule has 0 aliphatic rings. The Balaban J connectivity index is 4.26. The Bertz CT molecular complexity index is 311. The van der Waals surface area contributed by atoms with Gasteiger partial charge in [-0.25, -0.2) is 9.59 Å². The van der Waals surface area contributed by atoms with Crippen LogP contribution in [0.5, 0.6) is 0 Å². The number of hydrogen-bond donors (Lipinski definition) is 2. The zero-order chi connectivity index (χ0) is 16.3. The van der Waals surface area contributed by atoms with E-state index in [2.05, 4.69) is 10.6 Å². The van der Waals surface area contributed by atoms with Crippen LogP contribution in [0.4, 0.5) is 9.59 Å². The summed E-state index contributed by atoms with van der Waals surface area (Å²) in [6.07, 6.45) is -1.52. The number of amides is 2. The van der Waals surface area contributed by atoms with Crippen LogP contribution >= 0.6 is 0 Å². The molecule has 0 fully saturated rings. The van der Waals surface area contributed by atoms with Gasteiger partial charge in [0.2, 0.25) is 0 Å². The molecule has 0 heterocycles. The summed E-state index contributed by atoms with van der Waals surface area (Å²) >= 11 is 0. The summed E-state index contributed by atoms with van der Waals surface area (Å²) in [5, 5.41) is 4.85. The third-order valence-corrected chi connectivity index (χ3v) is 2.66. The molecular formula is C13H26N2O6. The number of carbonyl (C=O) groups is 2. The number of nitrogens with one attached hydrogen (secondary N) is 2. The van der Waals surface area contributed by atoms with Crippen molar-refractivity contribution in [2.75, 3.05) is 34.3 Å². The highest BCUT2D eigenvalue weighted by Gasteiger charge is 2.26. The predicted molar refractivity (Wildman–Crippen MR) is 75.6 cm³/mol. The predicted octanol–water partition coefficient (Wildman–Crippen LogP) is 1.31. The van der Waals surface area contributed by atoms with E-state index in [4.69, 9.17) is 18.9 Å². The third-order valence-electron chi connectivity index (χ3n) is 2.66. The first-order chi connectivity index (χ1) is 9.92. The van der Waals surface area contributed by atoms with Gasteiger partial charge in [-0.2, -0.15) is 0 Å². The van der Waals surface area contributed by atoms with Crippen molar-refractivity contribution in [3.8, 4) is 0 Å². The summed E-state index contributed by atoms with van der Waals surface area (Å²) in [4.78, 5) is 22.9. The summed E-state index contributed by atoms with van der Waals surface area (Å²) in [7, 11) is 2.93. The highest BCUT2D eigenvalue weighted by Crippen LogP contribution is 2.17. The van der Waals surface area contributed by atoms with Crippen molar-refractivity contribution in [3.05, 3.63) is 0 Å². The highest BCUT2D eigenvalue weighted by molar-refractivity contribution is 5.67. The molecule has 0 aromatic carbocycles.